The first-order valence-corrected chi connectivity index (χ1v) is 14.5. The van der Waals surface area contributed by atoms with Crippen molar-refractivity contribution in [3.8, 4) is 0 Å². The number of rotatable bonds is 4. The molecule has 3 nitrogen and oxygen atoms in total. The SMILES string of the molecule is Cc1ccc([C@@H]2C3C(=O)C([C@H](c4ccc(C)cc4)N2C)[C@H](c2ccc(C)cc2)N(C)[C@@H]3c2ccc(C)cc2)cc1. The van der Waals surface area contributed by atoms with E-state index in [9.17, 15) is 0 Å². The Bertz CT molecular complexity index is 1270. The molecule has 2 aliphatic heterocycles. The monoisotopic (exact) mass is 528 g/mol. The van der Waals surface area contributed by atoms with Crippen molar-refractivity contribution in [2.24, 2.45) is 11.8 Å². The molecule has 2 heterocycles. The van der Waals surface area contributed by atoms with Crippen LogP contribution in [-0.4, -0.2) is 29.7 Å². The molecule has 2 aliphatic rings. The molecule has 2 bridgehead atoms. The third-order valence-electron chi connectivity index (χ3n) is 9.45. The van der Waals surface area contributed by atoms with Crippen LogP contribution >= 0.6 is 0 Å². The molecule has 0 unspecified atom stereocenters. The zero-order valence-corrected chi connectivity index (χ0v) is 24.5. The van der Waals surface area contributed by atoms with Crippen LogP contribution in [0, 0.1) is 39.5 Å². The van der Waals surface area contributed by atoms with Crippen LogP contribution in [0.4, 0.5) is 0 Å². The molecule has 0 spiro atoms. The summed E-state index contributed by atoms with van der Waals surface area (Å²) in [6.07, 6.45) is 0. The molecule has 0 saturated carbocycles. The lowest BCUT2D eigenvalue weighted by Crippen LogP contribution is -2.60. The Morgan fingerprint density at radius 2 is 0.600 bits per heavy atom. The molecular weight excluding hydrogens is 488 g/mol. The quantitative estimate of drug-likeness (QED) is 0.269. The average Bonchev–Trinajstić information content (AvgIpc) is 2.94. The van der Waals surface area contributed by atoms with Crippen molar-refractivity contribution in [3.05, 3.63) is 142 Å². The summed E-state index contributed by atoms with van der Waals surface area (Å²) in [6.45, 7) is 8.50. The van der Waals surface area contributed by atoms with Crippen molar-refractivity contribution in [2.75, 3.05) is 14.1 Å². The number of nitrogens with zero attached hydrogens (tertiary/aromatic N) is 2. The Labute approximate surface area is 239 Å². The van der Waals surface area contributed by atoms with E-state index in [1.807, 2.05) is 0 Å². The Balaban J connectivity index is 1.58. The smallest absolute Gasteiger partial charge is 0.146 e. The van der Waals surface area contributed by atoms with Crippen LogP contribution in [0.1, 0.15) is 68.7 Å². The summed E-state index contributed by atoms with van der Waals surface area (Å²) in [5, 5.41) is 0. The van der Waals surface area contributed by atoms with Crippen molar-refractivity contribution in [1.82, 2.24) is 9.80 Å². The highest BCUT2D eigenvalue weighted by atomic mass is 16.1. The maximum atomic E-state index is 15.0. The molecule has 40 heavy (non-hydrogen) atoms. The number of likely N-dealkylation sites (tertiary alicyclic amines) is 2. The minimum absolute atomic E-state index is 0.0385. The minimum Gasteiger partial charge on any atom is -0.299 e. The molecule has 6 rings (SSSR count). The summed E-state index contributed by atoms with van der Waals surface area (Å²) in [4.78, 5) is 20.1. The summed E-state index contributed by atoms with van der Waals surface area (Å²) in [6, 6.07) is 35.2. The topological polar surface area (TPSA) is 23.6 Å². The van der Waals surface area contributed by atoms with Crippen LogP contribution in [0.25, 0.3) is 0 Å². The van der Waals surface area contributed by atoms with E-state index in [0.717, 1.165) is 0 Å². The number of aryl methyl sites for hydroxylation is 4. The number of ketones is 1. The number of fused-ring (bicyclic) bond motifs is 2. The molecule has 3 heteroatoms. The van der Waals surface area contributed by atoms with E-state index >= 15 is 4.79 Å². The molecule has 0 amide bonds. The standard InChI is InChI=1S/C37H40N2O/c1-23-7-15-27(16-8-23)33-31-34(28-17-9-24(2)10-18-28)39(6)36(30-21-13-26(4)14-22-30)32(37(31)40)35(38(33)5)29-19-11-25(3)12-20-29/h7-22,31-36H,1-6H3/t31?,32?,33-,34-,35+,36+. The van der Waals surface area contributed by atoms with E-state index in [1.165, 1.54) is 44.5 Å². The van der Waals surface area contributed by atoms with Gasteiger partial charge in [0.1, 0.15) is 5.78 Å². The van der Waals surface area contributed by atoms with Crippen molar-refractivity contribution < 1.29 is 4.79 Å². The Morgan fingerprint density at radius 1 is 0.400 bits per heavy atom. The van der Waals surface area contributed by atoms with Gasteiger partial charge in [0.15, 0.2) is 0 Å². The van der Waals surface area contributed by atoms with Gasteiger partial charge in [0, 0.05) is 24.2 Å². The molecule has 2 saturated heterocycles. The first-order chi connectivity index (χ1) is 19.2. The third kappa shape index (κ3) is 4.52. The number of carbonyl (C=O) groups is 1. The van der Waals surface area contributed by atoms with Crippen LogP contribution in [0.15, 0.2) is 97.1 Å². The molecule has 0 N–H and O–H groups in total. The van der Waals surface area contributed by atoms with Crippen molar-refractivity contribution in [3.63, 3.8) is 0 Å². The van der Waals surface area contributed by atoms with E-state index in [1.54, 1.807) is 0 Å². The summed E-state index contributed by atoms with van der Waals surface area (Å²) >= 11 is 0. The number of carbonyl (C=O) groups excluding carboxylic acids is 1. The second-order valence-corrected chi connectivity index (χ2v) is 12.2. The van der Waals surface area contributed by atoms with Gasteiger partial charge in [0.05, 0.1) is 11.8 Å². The van der Waals surface area contributed by atoms with Crippen LogP contribution in [0.3, 0.4) is 0 Å². The summed E-state index contributed by atoms with van der Waals surface area (Å²) < 4.78 is 0. The van der Waals surface area contributed by atoms with Crippen molar-refractivity contribution in [1.29, 1.82) is 0 Å². The zero-order valence-electron chi connectivity index (χ0n) is 24.5. The van der Waals surface area contributed by atoms with E-state index in [-0.39, 0.29) is 36.0 Å². The van der Waals surface area contributed by atoms with Gasteiger partial charge in [-0.15, -0.1) is 0 Å². The highest BCUT2D eigenvalue weighted by molar-refractivity contribution is 5.89. The summed E-state index contributed by atoms with van der Waals surface area (Å²) in [5.74, 6) is 0.00566. The van der Waals surface area contributed by atoms with Gasteiger partial charge >= 0.3 is 0 Å². The maximum absolute atomic E-state index is 15.0. The summed E-state index contributed by atoms with van der Waals surface area (Å²) in [7, 11) is 4.48. The highest BCUT2D eigenvalue weighted by Gasteiger charge is 2.59. The lowest BCUT2D eigenvalue weighted by Gasteiger charge is -2.59. The lowest BCUT2D eigenvalue weighted by molar-refractivity contribution is -0.161. The maximum Gasteiger partial charge on any atom is 0.146 e. The van der Waals surface area contributed by atoms with Gasteiger partial charge in [0.25, 0.3) is 0 Å². The van der Waals surface area contributed by atoms with Gasteiger partial charge in [0.2, 0.25) is 0 Å². The van der Waals surface area contributed by atoms with Crippen molar-refractivity contribution in [2.45, 2.75) is 51.9 Å². The van der Waals surface area contributed by atoms with Gasteiger partial charge in [-0.05, 0) is 64.0 Å². The molecule has 0 aliphatic carbocycles. The second-order valence-electron chi connectivity index (χ2n) is 12.2. The number of benzene rings is 4. The first kappa shape index (κ1) is 26.7. The van der Waals surface area contributed by atoms with E-state index in [4.69, 9.17) is 0 Å². The largest absolute Gasteiger partial charge is 0.299 e. The third-order valence-corrected chi connectivity index (χ3v) is 9.45. The van der Waals surface area contributed by atoms with E-state index in [2.05, 4.69) is 149 Å². The molecular formula is C37H40N2O. The van der Waals surface area contributed by atoms with Crippen molar-refractivity contribution >= 4 is 5.78 Å². The molecule has 4 atom stereocenters. The van der Waals surface area contributed by atoms with Crippen LogP contribution in [0.2, 0.25) is 0 Å². The van der Waals surface area contributed by atoms with E-state index in [0.29, 0.717) is 5.78 Å². The van der Waals surface area contributed by atoms with E-state index < -0.39 is 0 Å². The molecule has 204 valence electrons. The number of Topliss-reactive ketones (excluding diaryl/α,β-unsaturated/α-hetero) is 1. The second kappa shape index (κ2) is 10.5. The molecule has 0 aromatic heterocycles. The zero-order chi connectivity index (χ0) is 28.1. The van der Waals surface area contributed by atoms with Gasteiger partial charge in [-0.25, -0.2) is 0 Å². The Morgan fingerprint density at radius 3 is 0.800 bits per heavy atom. The van der Waals surface area contributed by atoms with Gasteiger partial charge in [-0.2, -0.15) is 0 Å². The Hall–Kier alpha value is -3.53. The van der Waals surface area contributed by atoms with Gasteiger partial charge in [-0.1, -0.05) is 119 Å². The fraction of sp³-hybridized carbons (Fsp3) is 0.324. The first-order valence-electron chi connectivity index (χ1n) is 14.5. The van der Waals surface area contributed by atoms with Gasteiger partial charge in [-0.3, -0.25) is 14.6 Å². The molecule has 4 aromatic rings. The highest BCUT2D eigenvalue weighted by Crippen LogP contribution is 2.59. The summed E-state index contributed by atoms with van der Waals surface area (Å²) in [5.41, 5.74) is 9.77. The molecule has 2 fully saturated rings. The van der Waals surface area contributed by atoms with Crippen LogP contribution < -0.4 is 0 Å². The number of piperidine rings is 2. The van der Waals surface area contributed by atoms with Gasteiger partial charge < -0.3 is 0 Å². The molecule has 4 aromatic carbocycles. The average molecular weight is 529 g/mol. The Kier molecular flexibility index (Phi) is 6.98. The fourth-order valence-corrected chi connectivity index (χ4v) is 7.37. The lowest BCUT2D eigenvalue weighted by atomic mass is 9.62. The predicted octanol–water partition coefficient (Wildman–Crippen LogP) is 7.88. The predicted molar refractivity (Wildman–Crippen MR) is 163 cm³/mol. The van der Waals surface area contributed by atoms with Crippen LogP contribution in [0.5, 0.6) is 0 Å². The van der Waals surface area contributed by atoms with Crippen LogP contribution in [-0.2, 0) is 4.79 Å². The number of hydrogen-bond donors (Lipinski definition) is 0. The fourth-order valence-electron chi connectivity index (χ4n) is 7.37. The normalized spacial score (nSPS) is 27.1. The molecule has 0 radical (unpaired) electrons. The number of hydrogen-bond acceptors (Lipinski definition) is 3. The minimum atomic E-state index is -0.186.